The number of ether oxygens (including phenoxy) is 1. The standard InChI is InChI=1S/C22H19N3O2S/c1-15-7-9-17(10-8-15)27-13-22-24-16(14-28-22)12-21(26)25-20-6-2-5-19-18(20)4-3-11-23-19/h2-11,14H,12-13H2,1H3,(H,25,26). The van der Waals surface area contributed by atoms with E-state index in [9.17, 15) is 4.79 Å². The average molecular weight is 389 g/mol. The van der Waals surface area contributed by atoms with Gasteiger partial charge in [-0.25, -0.2) is 4.98 Å². The average Bonchev–Trinajstić information content (AvgIpc) is 3.15. The van der Waals surface area contributed by atoms with E-state index in [0.29, 0.717) is 6.61 Å². The van der Waals surface area contributed by atoms with Crippen molar-refractivity contribution in [2.45, 2.75) is 20.0 Å². The molecule has 0 spiro atoms. The minimum atomic E-state index is -0.104. The Bertz CT molecular complexity index is 1100. The topological polar surface area (TPSA) is 64.1 Å². The van der Waals surface area contributed by atoms with E-state index in [0.717, 1.165) is 33.0 Å². The van der Waals surface area contributed by atoms with Crippen molar-refractivity contribution in [3.05, 3.63) is 82.4 Å². The number of amides is 1. The molecule has 0 aliphatic heterocycles. The number of thiazole rings is 1. The second-order valence-corrected chi connectivity index (χ2v) is 7.38. The molecule has 0 atom stereocenters. The maximum absolute atomic E-state index is 12.4. The molecule has 2 aromatic heterocycles. The zero-order chi connectivity index (χ0) is 19.3. The lowest BCUT2D eigenvalue weighted by Crippen LogP contribution is -2.15. The first kappa shape index (κ1) is 18.1. The van der Waals surface area contributed by atoms with Crippen LogP contribution in [0.4, 0.5) is 5.69 Å². The number of fused-ring (bicyclic) bond motifs is 1. The fourth-order valence-electron chi connectivity index (χ4n) is 2.85. The largest absolute Gasteiger partial charge is 0.486 e. The van der Waals surface area contributed by atoms with Crippen molar-refractivity contribution in [3.63, 3.8) is 0 Å². The number of nitrogens with zero attached hydrogens (tertiary/aromatic N) is 2. The maximum atomic E-state index is 12.4. The fourth-order valence-corrected chi connectivity index (χ4v) is 3.55. The van der Waals surface area contributed by atoms with Crippen molar-refractivity contribution in [1.82, 2.24) is 9.97 Å². The van der Waals surface area contributed by atoms with Crippen LogP contribution in [0.2, 0.25) is 0 Å². The lowest BCUT2D eigenvalue weighted by molar-refractivity contribution is -0.115. The van der Waals surface area contributed by atoms with Gasteiger partial charge in [0, 0.05) is 17.0 Å². The Kier molecular flexibility index (Phi) is 5.30. The van der Waals surface area contributed by atoms with Crippen LogP contribution < -0.4 is 10.1 Å². The molecule has 4 rings (SSSR count). The van der Waals surface area contributed by atoms with Crippen LogP contribution in [-0.2, 0) is 17.8 Å². The Morgan fingerprint density at radius 1 is 1.11 bits per heavy atom. The Labute approximate surface area is 167 Å². The van der Waals surface area contributed by atoms with Gasteiger partial charge in [-0.3, -0.25) is 9.78 Å². The number of carbonyl (C=O) groups is 1. The molecule has 0 saturated heterocycles. The third-order valence-electron chi connectivity index (χ3n) is 4.24. The van der Waals surface area contributed by atoms with E-state index in [1.165, 1.54) is 16.9 Å². The summed E-state index contributed by atoms with van der Waals surface area (Å²) in [5.41, 5.74) is 3.54. The quantitative estimate of drug-likeness (QED) is 0.516. The normalized spacial score (nSPS) is 10.8. The van der Waals surface area contributed by atoms with Gasteiger partial charge in [-0.05, 0) is 43.3 Å². The van der Waals surface area contributed by atoms with Crippen LogP contribution in [0.3, 0.4) is 0 Å². The number of rotatable bonds is 6. The lowest BCUT2D eigenvalue weighted by Gasteiger charge is -2.07. The number of hydrogen-bond donors (Lipinski definition) is 1. The first-order valence-corrected chi connectivity index (χ1v) is 9.82. The summed E-state index contributed by atoms with van der Waals surface area (Å²) in [5.74, 6) is 0.706. The molecule has 0 saturated carbocycles. The van der Waals surface area contributed by atoms with E-state index < -0.39 is 0 Å². The van der Waals surface area contributed by atoms with E-state index >= 15 is 0 Å². The minimum absolute atomic E-state index is 0.104. The summed E-state index contributed by atoms with van der Waals surface area (Å²) in [7, 11) is 0. The third kappa shape index (κ3) is 4.35. The van der Waals surface area contributed by atoms with Gasteiger partial charge in [0.05, 0.1) is 23.3 Å². The zero-order valence-electron chi connectivity index (χ0n) is 15.4. The lowest BCUT2D eigenvalue weighted by atomic mass is 10.2. The number of carbonyl (C=O) groups excluding carboxylic acids is 1. The highest BCUT2D eigenvalue weighted by atomic mass is 32.1. The monoisotopic (exact) mass is 389 g/mol. The molecular weight excluding hydrogens is 370 g/mol. The van der Waals surface area contributed by atoms with Crippen molar-refractivity contribution in [3.8, 4) is 5.75 Å². The molecular formula is C22H19N3O2S. The number of pyridine rings is 1. The number of aromatic nitrogens is 2. The van der Waals surface area contributed by atoms with Gasteiger partial charge in [-0.2, -0.15) is 0 Å². The molecule has 0 aliphatic carbocycles. The van der Waals surface area contributed by atoms with Gasteiger partial charge in [0.15, 0.2) is 0 Å². The van der Waals surface area contributed by atoms with Gasteiger partial charge < -0.3 is 10.1 Å². The van der Waals surface area contributed by atoms with Gasteiger partial charge in [0.1, 0.15) is 17.4 Å². The van der Waals surface area contributed by atoms with Crippen LogP contribution in [0.1, 0.15) is 16.3 Å². The van der Waals surface area contributed by atoms with Crippen LogP contribution >= 0.6 is 11.3 Å². The summed E-state index contributed by atoms with van der Waals surface area (Å²) in [6.07, 6.45) is 1.96. The predicted octanol–water partition coefficient (Wildman–Crippen LogP) is 4.76. The molecule has 0 radical (unpaired) electrons. The molecule has 0 bridgehead atoms. The third-order valence-corrected chi connectivity index (χ3v) is 5.12. The van der Waals surface area contributed by atoms with Crippen molar-refractivity contribution in [2.24, 2.45) is 0 Å². The van der Waals surface area contributed by atoms with Crippen molar-refractivity contribution < 1.29 is 9.53 Å². The summed E-state index contributed by atoms with van der Waals surface area (Å²) in [6, 6.07) is 17.4. The summed E-state index contributed by atoms with van der Waals surface area (Å²) in [5, 5.41) is 6.63. The highest BCUT2D eigenvalue weighted by molar-refractivity contribution is 7.09. The van der Waals surface area contributed by atoms with Crippen molar-refractivity contribution in [2.75, 3.05) is 5.32 Å². The van der Waals surface area contributed by atoms with E-state index in [-0.39, 0.29) is 12.3 Å². The van der Waals surface area contributed by atoms with Gasteiger partial charge in [0.2, 0.25) is 5.91 Å². The molecule has 2 aromatic carbocycles. The number of hydrogen-bond acceptors (Lipinski definition) is 5. The molecule has 0 aliphatic rings. The maximum Gasteiger partial charge on any atom is 0.230 e. The first-order chi connectivity index (χ1) is 13.7. The number of aryl methyl sites for hydroxylation is 1. The number of nitrogens with one attached hydrogen (secondary N) is 1. The van der Waals surface area contributed by atoms with Gasteiger partial charge in [-0.1, -0.05) is 23.8 Å². The second-order valence-electron chi connectivity index (χ2n) is 6.43. The molecule has 1 amide bonds. The molecule has 28 heavy (non-hydrogen) atoms. The fraction of sp³-hybridized carbons (Fsp3) is 0.136. The molecule has 0 unspecified atom stereocenters. The number of anilines is 1. The molecule has 1 N–H and O–H groups in total. The Morgan fingerprint density at radius 2 is 1.96 bits per heavy atom. The van der Waals surface area contributed by atoms with Crippen LogP contribution in [0, 0.1) is 6.92 Å². The zero-order valence-corrected chi connectivity index (χ0v) is 16.2. The van der Waals surface area contributed by atoms with Crippen LogP contribution in [0.5, 0.6) is 5.75 Å². The highest BCUT2D eigenvalue weighted by Crippen LogP contribution is 2.22. The van der Waals surface area contributed by atoms with Gasteiger partial charge >= 0.3 is 0 Å². The van der Waals surface area contributed by atoms with Gasteiger partial charge in [-0.15, -0.1) is 11.3 Å². The summed E-state index contributed by atoms with van der Waals surface area (Å²) in [4.78, 5) is 21.3. The van der Waals surface area contributed by atoms with Crippen molar-refractivity contribution >= 4 is 33.8 Å². The minimum Gasteiger partial charge on any atom is -0.486 e. The Balaban J connectivity index is 1.36. The van der Waals surface area contributed by atoms with E-state index in [4.69, 9.17) is 4.74 Å². The van der Waals surface area contributed by atoms with Crippen LogP contribution in [0.15, 0.2) is 66.2 Å². The predicted molar refractivity (Wildman–Crippen MR) is 112 cm³/mol. The van der Waals surface area contributed by atoms with E-state index in [1.54, 1.807) is 6.20 Å². The van der Waals surface area contributed by atoms with Crippen LogP contribution in [0.25, 0.3) is 10.9 Å². The SMILES string of the molecule is Cc1ccc(OCc2nc(CC(=O)Nc3cccc4ncccc34)cs2)cc1. The molecule has 6 heteroatoms. The second kappa shape index (κ2) is 8.19. The van der Waals surface area contributed by atoms with Crippen LogP contribution in [-0.4, -0.2) is 15.9 Å². The molecule has 5 nitrogen and oxygen atoms in total. The number of benzene rings is 2. The first-order valence-electron chi connectivity index (χ1n) is 8.94. The molecule has 2 heterocycles. The Hall–Kier alpha value is -3.25. The van der Waals surface area contributed by atoms with Gasteiger partial charge in [0.25, 0.3) is 0 Å². The smallest absolute Gasteiger partial charge is 0.230 e. The van der Waals surface area contributed by atoms with Crippen molar-refractivity contribution in [1.29, 1.82) is 0 Å². The molecule has 0 fully saturated rings. The summed E-state index contributed by atoms with van der Waals surface area (Å²) < 4.78 is 5.75. The summed E-state index contributed by atoms with van der Waals surface area (Å²) >= 11 is 1.50. The Morgan fingerprint density at radius 3 is 2.82 bits per heavy atom. The molecule has 140 valence electrons. The van der Waals surface area contributed by atoms with E-state index in [2.05, 4.69) is 15.3 Å². The summed E-state index contributed by atoms with van der Waals surface area (Å²) in [6.45, 7) is 2.43. The molecule has 4 aromatic rings. The highest BCUT2D eigenvalue weighted by Gasteiger charge is 2.10. The van der Waals surface area contributed by atoms with E-state index in [1.807, 2.05) is 66.9 Å².